The Kier molecular flexibility index (Phi) is 5.67. The zero-order valence-corrected chi connectivity index (χ0v) is 14.7. The van der Waals surface area contributed by atoms with Gasteiger partial charge in [-0.2, -0.15) is 0 Å². The van der Waals surface area contributed by atoms with Gasteiger partial charge in [0.1, 0.15) is 0 Å². The van der Waals surface area contributed by atoms with Gasteiger partial charge in [0, 0.05) is 44.1 Å². The van der Waals surface area contributed by atoms with Crippen LogP contribution in [0.3, 0.4) is 0 Å². The molecule has 0 bridgehead atoms. The number of hydrogen-bond donors (Lipinski definition) is 0. The predicted octanol–water partition coefficient (Wildman–Crippen LogP) is 2.91. The molecular weight excluding hydrogens is 300 g/mol. The Balaban J connectivity index is 1.51. The van der Waals surface area contributed by atoms with Crippen molar-refractivity contribution in [2.24, 2.45) is 0 Å². The predicted molar refractivity (Wildman–Crippen MR) is 95.2 cm³/mol. The van der Waals surface area contributed by atoms with Gasteiger partial charge in [-0.25, -0.2) is 0 Å². The molecule has 2 aliphatic rings. The first-order chi connectivity index (χ1) is 11.7. The molecule has 0 spiro atoms. The fourth-order valence-electron chi connectivity index (χ4n) is 3.88. The number of hydrogen-bond acceptors (Lipinski definition) is 3. The maximum Gasteiger partial charge on any atom is 0.223 e. The number of nitrogens with zero attached hydrogens (tertiary/aromatic N) is 2. The zero-order chi connectivity index (χ0) is 16.9. The van der Waals surface area contributed by atoms with Gasteiger partial charge in [-0.1, -0.05) is 31.2 Å². The Labute approximate surface area is 144 Å². The van der Waals surface area contributed by atoms with Gasteiger partial charge in [0.05, 0.1) is 0 Å². The van der Waals surface area contributed by atoms with E-state index in [0.29, 0.717) is 18.9 Å². The van der Waals surface area contributed by atoms with Gasteiger partial charge in [-0.3, -0.25) is 14.5 Å². The van der Waals surface area contributed by atoms with Crippen LogP contribution in [0.5, 0.6) is 0 Å². The minimum absolute atomic E-state index is 0.0725. The number of carbonyl (C=O) groups is 2. The second-order valence-corrected chi connectivity index (χ2v) is 7.00. The maximum atomic E-state index is 12.5. The van der Waals surface area contributed by atoms with E-state index < -0.39 is 0 Å². The van der Waals surface area contributed by atoms with Crippen LogP contribution >= 0.6 is 0 Å². The van der Waals surface area contributed by atoms with E-state index in [4.69, 9.17) is 0 Å². The second-order valence-electron chi connectivity index (χ2n) is 7.00. The van der Waals surface area contributed by atoms with Crippen LogP contribution in [0.1, 0.15) is 54.9 Å². The highest BCUT2D eigenvalue weighted by atomic mass is 16.2. The fourth-order valence-corrected chi connectivity index (χ4v) is 3.88. The summed E-state index contributed by atoms with van der Waals surface area (Å²) in [6, 6.07) is 8.30. The highest BCUT2D eigenvalue weighted by Gasteiger charge is 2.30. The molecule has 3 rings (SSSR count). The molecule has 0 aliphatic carbocycles. The highest BCUT2D eigenvalue weighted by molar-refractivity contribution is 5.98. The Morgan fingerprint density at radius 2 is 1.79 bits per heavy atom. The number of rotatable bonds is 5. The van der Waals surface area contributed by atoms with Crippen molar-refractivity contribution in [1.82, 2.24) is 9.80 Å². The fraction of sp³-hybridized carbons (Fsp3) is 0.600. The second kappa shape index (κ2) is 7.93. The molecule has 1 aromatic carbocycles. The first kappa shape index (κ1) is 17.2. The molecule has 1 aromatic rings. The maximum absolute atomic E-state index is 12.5. The first-order valence-electron chi connectivity index (χ1n) is 9.31. The van der Waals surface area contributed by atoms with Crippen LogP contribution in [0.15, 0.2) is 24.3 Å². The van der Waals surface area contributed by atoms with Crippen molar-refractivity contribution in [2.45, 2.75) is 51.5 Å². The monoisotopic (exact) mass is 328 g/mol. The third-order valence-electron chi connectivity index (χ3n) is 5.41. The van der Waals surface area contributed by atoms with Crippen LogP contribution in [-0.4, -0.2) is 53.7 Å². The molecule has 0 N–H and O–H groups in total. The Morgan fingerprint density at radius 3 is 2.54 bits per heavy atom. The summed E-state index contributed by atoms with van der Waals surface area (Å²) in [5.41, 5.74) is 1.95. The molecule has 4 nitrogen and oxygen atoms in total. The lowest BCUT2D eigenvalue weighted by Gasteiger charge is -2.25. The van der Waals surface area contributed by atoms with Crippen molar-refractivity contribution in [3.8, 4) is 0 Å². The summed E-state index contributed by atoms with van der Waals surface area (Å²) >= 11 is 0. The van der Waals surface area contributed by atoms with Crippen molar-refractivity contribution in [3.05, 3.63) is 35.4 Å². The summed E-state index contributed by atoms with van der Waals surface area (Å²) in [6.45, 7) is 6.07. The molecular formula is C20H28N2O2. The van der Waals surface area contributed by atoms with Gasteiger partial charge in [0.25, 0.3) is 0 Å². The van der Waals surface area contributed by atoms with E-state index in [9.17, 15) is 9.59 Å². The molecule has 2 fully saturated rings. The molecule has 2 aliphatic heterocycles. The van der Waals surface area contributed by atoms with Gasteiger partial charge in [0.2, 0.25) is 5.91 Å². The normalized spacial score (nSPS) is 21.4. The molecule has 1 atom stereocenters. The van der Waals surface area contributed by atoms with Gasteiger partial charge in [-0.05, 0) is 37.8 Å². The Hall–Kier alpha value is -1.68. The molecule has 0 unspecified atom stereocenters. The molecule has 24 heavy (non-hydrogen) atoms. The Bertz CT molecular complexity index is 582. The van der Waals surface area contributed by atoms with Crippen LogP contribution in [0.2, 0.25) is 0 Å². The average molecular weight is 328 g/mol. The third kappa shape index (κ3) is 4.04. The van der Waals surface area contributed by atoms with E-state index in [1.807, 2.05) is 29.2 Å². The van der Waals surface area contributed by atoms with Crippen LogP contribution in [0.4, 0.5) is 0 Å². The lowest BCUT2D eigenvalue weighted by molar-refractivity contribution is -0.131. The number of benzene rings is 1. The topological polar surface area (TPSA) is 40.6 Å². The lowest BCUT2D eigenvalue weighted by atomic mass is 10.0. The lowest BCUT2D eigenvalue weighted by Crippen LogP contribution is -2.39. The zero-order valence-electron chi connectivity index (χ0n) is 14.7. The number of carbonyl (C=O) groups excluding carboxylic acids is 2. The quantitative estimate of drug-likeness (QED) is 0.780. The van der Waals surface area contributed by atoms with Crippen molar-refractivity contribution >= 4 is 11.7 Å². The SMILES string of the molecule is CCc1ccc(C(=O)CCC(=O)N2CCCN3CCC[C@@H]3C2)cc1. The van der Waals surface area contributed by atoms with Crippen LogP contribution in [-0.2, 0) is 11.2 Å². The third-order valence-corrected chi connectivity index (χ3v) is 5.41. The molecule has 130 valence electrons. The van der Waals surface area contributed by atoms with Crippen molar-refractivity contribution < 1.29 is 9.59 Å². The molecule has 1 amide bonds. The van der Waals surface area contributed by atoms with E-state index in [2.05, 4.69) is 11.8 Å². The van der Waals surface area contributed by atoms with Crippen molar-refractivity contribution in [2.75, 3.05) is 26.2 Å². The van der Waals surface area contributed by atoms with Gasteiger partial charge < -0.3 is 4.90 Å². The number of amides is 1. The number of ketones is 1. The van der Waals surface area contributed by atoms with Gasteiger partial charge in [0.15, 0.2) is 5.78 Å². The van der Waals surface area contributed by atoms with E-state index in [-0.39, 0.29) is 11.7 Å². The molecule has 2 saturated heterocycles. The number of aryl methyl sites for hydroxylation is 1. The molecule has 0 radical (unpaired) electrons. The van der Waals surface area contributed by atoms with E-state index in [0.717, 1.165) is 38.0 Å². The summed E-state index contributed by atoms with van der Waals surface area (Å²) in [7, 11) is 0. The van der Waals surface area contributed by atoms with Crippen molar-refractivity contribution in [1.29, 1.82) is 0 Å². The number of fused-ring (bicyclic) bond motifs is 1. The Morgan fingerprint density at radius 1 is 1.04 bits per heavy atom. The number of Topliss-reactive ketones (excluding diaryl/α,β-unsaturated/α-hetero) is 1. The summed E-state index contributed by atoms with van der Waals surface area (Å²) in [5, 5.41) is 0. The van der Waals surface area contributed by atoms with Gasteiger partial charge >= 0.3 is 0 Å². The van der Waals surface area contributed by atoms with Crippen LogP contribution in [0, 0.1) is 0 Å². The van der Waals surface area contributed by atoms with E-state index in [1.165, 1.54) is 24.9 Å². The minimum Gasteiger partial charge on any atom is -0.341 e. The molecule has 4 heteroatoms. The van der Waals surface area contributed by atoms with Crippen LogP contribution < -0.4 is 0 Å². The van der Waals surface area contributed by atoms with E-state index in [1.54, 1.807) is 0 Å². The standard InChI is InChI=1S/C20H28N2O2/c1-2-16-6-8-17(9-7-16)19(23)10-11-20(24)22-14-4-13-21-12-3-5-18(21)15-22/h6-9,18H,2-5,10-15H2,1H3/t18-/m1/s1. The molecule has 0 saturated carbocycles. The highest BCUT2D eigenvalue weighted by Crippen LogP contribution is 2.22. The van der Waals surface area contributed by atoms with E-state index >= 15 is 0 Å². The van der Waals surface area contributed by atoms with Crippen LogP contribution in [0.25, 0.3) is 0 Å². The largest absolute Gasteiger partial charge is 0.341 e. The smallest absolute Gasteiger partial charge is 0.223 e. The summed E-state index contributed by atoms with van der Waals surface area (Å²) in [4.78, 5) is 29.3. The molecule has 2 heterocycles. The molecule has 0 aromatic heterocycles. The minimum atomic E-state index is 0.0725. The van der Waals surface area contributed by atoms with Gasteiger partial charge in [-0.15, -0.1) is 0 Å². The summed E-state index contributed by atoms with van der Waals surface area (Å²) in [5.74, 6) is 0.214. The average Bonchev–Trinajstić information content (AvgIpc) is 2.96. The summed E-state index contributed by atoms with van der Waals surface area (Å²) < 4.78 is 0. The first-order valence-corrected chi connectivity index (χ1v) is 9.31. The van der Waals surface area contributed by atoms with Crippen molar-refractivity contribution in [3.63, 3.8) is 0 Å². The summed E-state index contributed by atoms with van der Waals surface area (Å²) in [6.07, 6.45) is 5.12.